The predicted octanol–water partition coefficient (Wildman–Crippen LogP) is 4.40. The molecule has 0 fully saturated rings. The van der Waals surface area contributed by atoms with Gasteiger partial charge in [-0.25, -0.2) is 4.98 Å². The number of imidazole rings is 1. The number of halogens is 1. The zero-order chi connectivity index (χ0) is 13.3. The lowest BCUT2D eigenvalue weighted by atomic mass is 9.82. The fourth-order valence-corrected chi connectivity index (χ4v) is 3.38. The smallest absolute Gasteiger partial charge is 0.106 e. The first-order chi connectivity index (χ1) is 8.43. The van der Waals surface area contributed by atoms with Gasteiger partial charge in [-0.1, -0.05) is 48.8 Å². The van der Waals surface area contributed by atoms with Crippen molar-refractivity contribution in [3.05, 3.63) is 30.1 Å². The van der Waals surface area contributed by atoms with Gasteiger partial charge in [0.15, 0.2) is 0 Å². The number of nitrogens with zero attached hydrogens (tertiary/aromatic N) is 2. The summed E-state index contributed by atoms with van der Waals surface area (Å²) in [4.78, 5) is 4.63. The van der Waals surface area contributed by atoms with Crippen LogP contribution >= 0.6 is 15.9 Å². The average molecular weight is 309 g/mol. The van der Waals surface area contributed by atoms with Crippen molar-refractivity contribution < 1.29 is 0 Å². The molecule has 0 bridgehead atoms. The second-order valence-corrected chi connectivity index (χ2v) is 6.62. The van der Waals surface area contributed by atoms with Gasteiger partial charge in [-0.3, -0.25) is 0 Å². The average Bonchev–Trinajstić information content (AvgIpc) is 2.60. The monoisotopic (exact) mass is 308 g/mol. The number of para-hydroxylation sites is 2. The molecule has 1 atom stereocenters. The minimum absolute atomic E-state index is 0.293. The Labute approximate surface area is 118 Å². The normalized spacial score (nSPS) is 14.1. The highest BCUT2D eigenvalue weighted by Gasteiger charge is 2.25. The van der Waals surface area contributed by atoms with Crippen LogP contribution in [0.15, 0.2) is 24.3 Å². The summed E-state index contributed by atoms with van der Waals surface area (Å²) in [7, 11) is 0. The molecule has 2 nitrogen and oxygen atoms in total. The Morgan fingerprint density at radius 2 is 1.94 bits per heavy atom. The lowest BCUT2D eigenvalue weighted by Crippen LogP contribution is -2.27. The maximum Gasteiger partial charge on any atom is 0.106 e. The molecule has 98 valence electrons. The van der Waals surface area contributed by atoms with Crippen LogP contribution in [0.25, 0.3) is 11.0 Å². The first-order valence-corrected chi connectivity index (χ1v) is 7.53. The fraction of sp³-hybridized carbons (Fsp3) is 0.533. The van der Waals surface area contributed by atoms with E-state index in [1.54, 1.807) is 0 Å². The first-order valence-electron chi connectivity index (χ1n) is 6.41. The topological polar surface area (TPSA) is 17.8 Å². The molecule has 18 heavy (non-hydrogen) atoms. The maximum absolute atomic E-state index is 4.63. The molecule has 2 rings (SSSR count). The molecule has 0 aliphatic heterocycles. The molecule has 3 heteroatoms. The largest absolute Gasteiger partial charge is 0.328 e. The minimum Gasteiger partial charge on any atom is -0.328 e. The molecule has 0 saturated heterocycles. The van der Waals surface area contributed by atoms with E-state index in [1.807, 2.05) is 6.07 Å². The summed E-state index contributed by atoms with van der Waals surface area (Å²) in [5.41, 5.74) is 2.63. The molecule has 0 amide bonds. The van der Waals surface area contributed by atoms with E-state index in [0.717, 1.165) is 23.2 Å². The van der Waals surface area contributed by atoms with Gasteiger partial charge in [-0.05, 0) is 30.4 Å². The Balaban J connectivity index is 2.39. The summed E-state index contributed by atoms with van der Waals surface area (Å²) < 4.78 is 2.34. The minimum atomic E-state index is 0.293. The number of benzene rings is 1. The van der Waals surface area contributed by atoms with E-state index in [0.29, 0.717) is 11.3 Å². The van der Waals surface area contributed by atoms with E-state index in [2.05, 4.69) is 71.4 Å². The zero-order valence-corrected chi connectivity index (χ0v) is 13.2. The van der Waals surface area contributed by atoms with Crippen molar-refractivity contribution in [3.8, 4) is 0 Å². The Bertz CT molecular complexity index is 537. The Kier molecular flexibility index (Phi) is 3.81. The molecule has 0 spiro atoms. The van der Waals surface area contributed by atoms with Gasteiger partial charge in [0.1, 0.15) is 5.82 Å². The number of hydrogen-bond donors (Lipinski definition) is 0. The van der Waals surface area contributed by atoms with Crippen molar-refractivity contribution >= 4 is 27.0 Å². The molecule has 1 aromatic carbocycles. The summed E-state index contributed by atoms with van der Waals surface area (Å²) in [6, 6.07) is 8.37. The third-order valence-electron chi connectivity index (χ3n) is 3.66. The van der Waals surface area contributed by atoms with Crippen LogP contribution in [-0.2, 0) is 6.54 Å². The van der Waals surface area contributed by atoms with Crippen LogP contribution in [0.5, 0.6) is 0 Å². The van der Waals surface area contributed by atoms with Gasteiger partial charge in [-0.2, -0.15) is 0 Å². The van der Waals surface area contributed by atoms with Crippen molar-refractivity contribution in [3.63, 3.8) is 0 Å². The quantitative estimate of drug-likeness (QED) is 0.768. The molecule has 1 aromatic heterocycles. The third kappa shape index (κ3) is 2.61. The van der Waals surface area contributed by atoms with Crippen LogP contribution in [0.3, 0.4) is 0 Å². The SMILES string of the molecule is Cc1nc2ccccc2n1CC(CBr)C(C)(C)C. The summed E-state index contributed by atoms with van der Waals surface area (Å²) in [5.74, 6) is 1.69. The highest BCUT2D eigenvalue weighted by atomic mass is 79.9. The summed E-state index contributed by atoms with van der Waals surface area (Å²) in [5, 5.41) is 1.02. The van der Waals surface area contributed by atoms with Crippen LogP contribution in [0.1, 0.15) is 26.6 Å². The van der Waals surface area contributed by atoms with E-state index in [1.165, 1.54) is 5.52 Å². The van der Waals surface area contributed by atoms with E-state index in [4.69, 9.17) is 0 Å². The Morgan fingerprint density at radius 1 is 1.28 bits per heavy atom. The molecule has 0 radical (unpaired) electrons. The van der Waals surface area contributed by atoms with Crippen LogP contribution < -0.4 is 0 Å². The van der Waals surface area contributed by atoms with Gasteiger partial charge in [0.2, 0.25) is 0 Å². The molecular weight excluding hydrogens is 288 g/mol. The van der Waals surface area contributed by atoms with E-state index in [-0.39, 0.29) is 0 Å². The van der Waals surface area contributed by atoms with Crippen molar-refractivity contribution in [1.82, 2.24) is 9.55 Å². The first kappa shape index (κ1) is 13.6. The van der Waals surface area contributed by atoms with Crippen LogP contribution in [0.2, 0.25) is 0 Å². The number of fused-ring (bicyclic) bond motifs is 1. The van der Waals surface area contributed by atoms with Crippen molar-refractivity contribution in [1.29, 1.82) is 0 Å². The lowest BCUT2D eigenvalue weighted by molar-refractivity contribution is 0.240. The highest BCUT2D eigenvalue weighted by molar-refractivity contribution is 9.09. The van der Waals surface area contributed by atoms with Crippen LogP contribution in [0, 0.1) is 18.3 Å². The Hall–Kier alpha value is -0.830. The molecule has 0 saturated carbocycles. The molecule has 0 aliphatic carbocycles. The summed E-state index contributed by atoms with van der Waals surface area (Å²) >= 11 is 3.65. The molecule has 0 aliphatic rings. The van der Waals surface area contributed by atoms with E-state index < -0.39 is 0 Å². The third-order valence-corrected chi connectivity index (χ3v) is 4.44. The maximum atomic E-state index is 4.63. The van der Waals surface area contributed by atoms with Gasteiger partial charge < -0.3 is 4.57 Å². The number of aromatic nitrogens is 2. The molecule has 2 aromatic rings. The number of rotatable bonds is 3. The van der Waals surface area contributed by atoms with Gasteiger partial charge in [0.05, 0.1) is 11.0 Å². The summed E-state index contributed by atoms with van der Waals surface area (Å²) in [6.45, 7) is 10.0. The van der Waals surface area contributed by atoms with Crippen molar-refractivity contribution in [2.45, 2.75) is 34.2 Å². The Morgan fingerprint density at radius 3 is 2.56 bits per heavy atom. The summed E-state index contributed by atoms with van der Waals surface area (Å²) in [6.07, 6.45) is 0. The van der Waals surface area contributed by atoms with Crippen LogP contribution in [0.4, 0.5) is 0 Å². The second kappa shape index (κ2) is 5.04. The number of alkyl halides is 1. The molecular formula is C15H21BrN2. The lowest BCUT2D eigenvalue weighted by Gasteiger charge is -2.30. The van der Waals surface area contributed by atoms with Gasteiger partial charge in [0, 0.05) is 11.9 Å². The van der Waals surface area contributed by atoms with Crippen molar-refractivity contribution in [2.75, 3.05) is 5.33 Å². The van der Waals surface area contributed by atoms with Crippen molar-refractivity contribution in [2.24, 2.45) is 11.3 Å². The van der Waals surface area contributed by atoms with Crippen LogP contribution in [-0.4, -0.2) is 14.9 Å². The molecule has 1 unspecified atom stereocenters. The number of hydrogen-bond acceptors (Lipinski definition) is 1. The fourth-order valence-electron chi connectivity index (χ4n) is 2.20. The van der Waals surface area contributed by atoms with Gasteiger partial charge in [-0.15, -0.1) is 0 Å². The number of aryl methyl sites for hydroxylation is 1. The van der Waals surface area contributed by atoms with Gasteiger partial charge >= 0.3 is 0 Å². The van der Waals surface area contributed by atoms with E-state index >= 15 is 0 Å². The molecule has 1 heterocycles. The molecule has 0 N–H and O–H groups in total. The van der Waals surface area contributed by atoms with E-state index in [9.17, 15) is 0 Å². The van der Waals surface area contributed by atoms with Gasteiger partial charge in [0.25, 0.3) is 0 Å². The second-order valence-electron chi connectivity index (χ2n) is 5.98. The predicted molar refractivity (Wildman–Crippen MR) is 81.2 cm³/mol. The highest BCUT2D eigenvalue weighted by Crippen LogP contribution is 2.30. The standard InChI is InChI=1S/C15H21BrN2/c1-11-17-13-7-5-6-8-14(13)18(11)10-12(9-16)15(2,3)4/h5-8,12H,9-10H2,1-4H3. The zero-order valence-electron chi connectivity index (χ0n) is 11.6.